The van der Waals surface area contributed by atoms with Gasteiger partial charge >= 0.3 is 0 Å². The van der Waals surface area contributed by atoms with Gasteiger partial charge in [-0.3, -0.25) is 9.59 Å². The van der Waals surface area contributed by atoms with Crippen LogP contribution in [0.3, 0.4) is 0 Å². The van der Waals surface area contributed by atoms with E-state index < -0.39 is 15.3 Å². The smallest absolute Gasteiger partial charge is 0.237 e. The molecule has 0 radical (unpaired) electrons. The molecule has 8 heteroatoms. The van der Waals surface area contributed by atoms with Crippen LogP contribution in [0.1, 0.15) is 40.0 Å². The van der Waals surface area contributed by atoms with Crippen LogP contribution < -0.4 is 5.32 Å². The molecule has 0 spiro atoms. The first-order valence-corrected chi connectivity index (χ1v) is 10.4. The first-order chi connectivity index (χ1) is 11.2. The molecule has 0 aromatic rings. The van der Waals surface area contributed by atoms with Gasteiger partial charge in [-0.05, 0) is 40.0 Å². The van der Waals surface area contributed by atoms with Gasteiger partial charge in [0, 0.05) is 25.7 Å². The fourth-order valence-electron chi connectivity index (χ4n) is 3.28. The van der Waals surface area contributed by atoms with E-state index >= 15 is 0 Å². The number of ether oxygens (including phenoxy) is 1. The number of carbonyl (C=O) groups is 2. The average molecular weight is 360 g/mol. The van der Waals surface area contributed by atoms with Crippen LogP contribution in [0.2, 0.25) is 0 Å². The Hall–Kier alpha value is -1.15. The van der Waals surface area contributed by atoms with E-state index in [1.165, 1.54) is 4.90 Å². The zero-order chi connectivity index (χ0) is 18.0. The Balaban J connectivity index is 1.99. The van der Waals surface area contributed by atoms with Crippen molar-refractivity contribution in [3.63, 3.8) is 0 Å². The highest BCUT2D eigenvalue weighted by Gasteiger charge is 2.43. The Labute approximate surface area is 144 Å². The minimum Gasteiger partial charge on any atom is -0.376 e. The molecule has 1 N–H and O–H groups in total. The molecule has 2 heterocycles. The van der Waals surface area contributed by atoms with E-state index in [4.69, 9.17) is 4.74 Å². The number of rotatable bonds is 6. The van der Waals surface area contributed by atoms with Crippen molar-refractivity contribution in [1.29, 1.82) is 0 Å². The molecule has 138 valence electrons. The number of amides is 2. The number of hydrogen-bond donors (Lipinski definition) is 1. The average Bonchev–Trinajstić information content (AvgIpc) is 3.15. The molecule has 0 aromatic carbocycles. The van der Waals surface area contributed by atoms with Gasteiger partial charge < -0.3 is 15.0 Å². The van der Waals surface area contributed by atoms with Crippen LogP contribution in [0.15, 0.2) is 0 Å². The van der Waals surface area contributed by atoms with Crippen LogP contribution in [0.5, 0.6) is 0 Å². The number of nitrogens with one attached hydrogen (secondary N) is 1. The van der Waals surface area contributed by atoms with Crippen molar-refractivity contribution >= 4 is 21.7 Å². The highest BCUT2D eigenvalue weighted by Crippen LogP contribution is 2.25. The second-order valence-corrected chi connectivity index (χ2v) is 9.35. The van der Waals surface area contributed by atoms with E-state index in [1.807, 2.05) is 6.92 Å². The summed E-state index contributed by atoms with van der Waals surface area (Å²) in [6.45, 7) is 6.49. The lowest BCUT2D eigenvalue weighted by molar-refractivity contribution is -0.150. The van der Waals surface area contributed by atoms with Gasteiger partial charge in [-0.25, -0.2) is 8.42 Å². The van der Waals surface area contributed by atoms with Gasteiger partial charge in [0.2, 0.25) is 11.8 Å². The minimum atomic E-state index is -3.08. The van der Waals surface area contributed by atoms with Crippen molar-refractivity contribution in [2.75, 3.05) is 31.2 Å². The third kappa shape index (κ3) is 4.27. The normalized spacial score (nSPS) is 26.3. The summed E-state index contributed by atoms with van der Waals surface area (Å²) in [7, 11) is -3.08. The van der Waals surface area contributed by atoms with Gasteiger partial charge in [0.05, 0.1) is 17.6 Å². The van der Waals surface area contributed by atoms with Crippen molar-refractivity contribution < 1.29 is 22.7 Å². The Bertz CT molecular complexity index is 581. The molecule has 2 rings (SSSR count). The highest BCUT2D eigenvalue weighted by molar-refractivity contribution is 7.91. The maximum absolute atomic E-state index is 12.9. The lowest BCUT2D eigenvalue weighted by Crippen LogP contribution is -2.53. The summed E-state index contributed by atoms with van der Waals surface area (Å²) in [5.41, 5.74) is -1.24. The maximum Gasteiger partial charge on any atom is 0.237 e. The number of sulfone groups is 1. The topological polar surface area (TPSA) is 92.8 Å². The molecule has 0 aromatic heterocycles. The molecule has 2 amide bonds. The van der Waals surface area contributed by atoms with Crippen LogP contribution in [-0.2, 0) is 24.2 Å². The fraction of sp³-hybridized carbons (Fsp3) is 0.875. The zero-order valence-corrected chi connectivity index (χ0v) is 15.5. The lowest BCUT2D eigenvalue weighted by Gasteiger charge is -2.34. The van der Waals surface area contributed by atoms with E-state index in [-0.39, 0.29) is 35.5 Å². The van der Waals surface area contributed by atoms with Gasteiger partial charge in [-0.15, -0.1) is 0 Å². The highest BCUT2D eigenvalue weighted by atomic mass is 32.2. The van der Waals surface area contributed by atoms with Gasteiger partial charge in [0.1, 0.15) is 5.41 Å². The van der Waals surface area contributed by atoms with Crippen molar-refractivity contribution in [2.45, 2.75) is 52.2 Å². The summed E-state index contributed by atoms with van der Waals surface area (Å²) in [4.78, 5) is 26.9. The van der Waals surface area contributed by atoms with Gasteiger partial charge in [0.25, 0.3) is 0 Å². The second-order valence-electron chi connectivity index (χ2n) is 7.12. The lowest BCUT2D eigenvalue weighted by atomic mass is 9.89. The van der Waals surface area contributed by atoms with E-state index in [0.29, 0.717) is 26.1 Å². The third-order valence-corrected chi connectivity index (χ3v) is 6.62. The van der Waals surface area contributed by atoms with Gasteiger partial charge in [-0.1, -0.05) is 0 Å². The van der Waals surface area contributed by atoms with Crippen LogP contribution in [0.4, 0.5) is 0 Å². The molecule has 24 heavy (non-hydrogen) atoms. The summed E-state index contributed by atoms with van der Waals surface area (Å²) in [5, 5.41) is 2.80. The van der Waals surface area contributed by atoms with Gasteiger partial charge in [0.15, 0.2) is 9.84 Å². The molecular formula is C16H28N2O5S. The van der Waals surface area contributed by atoms with Crippen molar-refractivity contribution in [3.05, 3.63) is 0 Å². The minimum absolute atomic E-state index is 0.0137. The molecule has 2 atom stereocenters. The monoisotopic (exact) mass is 360 g/mol. The third-order valence-electron chi connectivity index (χ3n) is 4.87. The fourth-order valence-corrected chi connectivity index (χ4v) is 5.01. The number of hydrogen-bond acceptors (Lipinski definition) is 5. The standard InChI is InChI=1S/C16H28N2O5S/c1-4-18(12-7-9-24(21,22)11-12)15(20)16(2,3)14(19)17-10-13-6-5-8-23-13/h12-13H,4-11H2,1-3H3,(H,17,19). The van der Waals surface area contributed by atoms with Crippen LogP contribution >= 0.6 is 0 Å². The molecule has 7 nitrogen and oxygen atoms in total. The Morgan fingerprint density at radius 2 is 2.00 bits per heavy atom. The molecule has 0 bridgehead atoms. The second kappa shape index (κ2) is 7.39. The largest absolute Gasteiger partial charge is 0.376 e. The van der Waals surface area contributed by atoms with Gasteiger partial charge in [-0.2, -0.15) is 0 Å². The molecule has 2 unspecified atom stereocenters. The van der Waals surface area contributed by atoms with E-state index in [1.54, 1.807) is 13.8 Å². The van der Waals surface area contributed by atoms with Crippen molar-refractivity contribution in [1.82, 2.24) is 10.2 Å². The van der Waals surface area contributed by atoms with Crippen molar-refractivity contribution in [3.8, 4) is 0 Å². The first-order valence-electron chi connectivity index (χ1n) is 8.58. The van der Waals surface area contributed by atoms with E-state index in [9.17, 15) is 18.0 Å². The summed E-state index contributed by atoms with van der Waals surface area (Å²) in [6.07, 6.45) is 2.36. The summed E-state index contributed by atoms with van der Waals surface area (Å²) >= 11 is 0. The number of nitrogens with zero attached hydrogens (tertiary/aromatic N) is 1. The van der Waals surface area contributed by atoms with Crippen LogP contribution in [0.25, 0.3) is 0 Å². The van der Waals surface area contributed by atoms with Crippen LogP contribution in [-0.4, -0.2) is 68.5 Å². The molecule has 0 saturated carbocycles. The maximum atomic E-state index is 12.9. The molecule has 2 fully saturated rings. The molecule has 2 saturated heterocycles. The molecule has 0 aliphatic carbocycles. The SMILES string of the molecule is CCN(C(=O)C(C)(C)C(=O)NCC1CCCO1)C1CCS(=O)(=O)C1. The summed E-state index contributed by atoms with van der Waals surface area (Å²) in [5.74, 6) is -0.577. The van der Waals surface area contributed by atoms with Crippen molar-refractivity contribution in [2.24, 2.45) is 5.41 Å². The Morgan fingerprint density at radius 1 is 1.29 bits per heavy atom. The Kier molecular flexibility index (Phi) is 5.91. The molecular weight excluding hydrogens is 332 g/mol. The zero-order valence-electron chi connectivity index (χ0n) is 14.7. The van der Waals surface area contributed by atoms with Crippen LogP contribution in [0, 0.1) is 5.41 Å². The van der Waals surface area contributed by atoms with E-state index in [2.05, 4.69) is 5.32 Å². The predicted molar refractivity (Wildman–Crippen MR) is 90.2 cm³/mol. The quantitative estimate of drug-likeness (QED) is 0.690. The number of carbonyl (C=O) groups excluding carboxylic acids is 2. The molecule has 2 aliphatic rings. The summed E-state index contributed by atoms with van der Waals surface area (Å²) < 4.78 is 28.8. The summed E-state index contributed by atoms with van der Waals surface area (Å²) in [6, 6.07) is -0.335. The Morgan fingerprint density at radius 3 is 2.50 bits per heavy atom. The predicted octanol–water partition coefficient (Wildman–Crippen LogP) is 0.343. The first kappa shape index (κ1) is 19.2. The van der Waals surface area contributed by atoms with E-state index in [0.717, 1.165) is 12.8 Å². The molecule has 2 aliphatic heterocycles.